The van der Waals surface area contributed by atoms with Crippen LogP contribution in [0.3, 0.4) is 0 Å². The molecule has 0 atom stereocenters. The van der Waals surface area contributed by atoms with E-state index in [0.717, 1.165) is 17.7 Å². The minimum absolute atomic E-state index is 0.262. The quantitative estimate of drug-likeness (QED) is 0.604. The summed E-state index contributed by atoms with van der Waals surface area (Å²) < 4.78 is 51.5. The second-order valence-electron chi connectivity index (χ2n) is 4.47. The molecule has 1 aromatic heterocycles. The summed E-state index contributed by atoms with van der Waals surface area (Å²) in [5.41, 5.74) is 0.487. The van der Waals surface area contributed by atoms with Crippen LogP contribution < -0.4 is 0 Å². The summed E-state index contributed by atoms with van der Waals surface area (Å²) in [6.07, 6.45) is -4.70. The van der Waals surface area contributed by atoms with E-state index < -0.39 is 17.6 Å². The number of rotatable bonds is 1. The van der Waals surface area contributed by atoms with Crippen LogP contribution in [0.25, 0.3) is 22.2 Å². The summed E-state index contributed by atoms with van der Waals surface area (Å²) in [6, 6.07) is 12.5. The highest BCUT2D eigenvalue weighted by molar-refractivity contribution is 5.86. The maximum absolute atomic E-state index is 13.5. The number of aromatic nitrogens is 1. The van der Waals surface area contributed by atoms with E-state index in [1.807, 2.05) is 30.3 Å². The molecule has 0 aliphatic heterocycles. The summed E-state index contributed by atoms with van der Waals surface area (Å²) in [4.78, 5) is 2.88. The SMILES string of the molecule is Fc1cc2cc(-c3ccccc3)[nH]c2cc1C(F)(F)F. The Bertz CT molecular complexity index is 757. The van der Waals surface area contributed by atoms with Crippen LogP contribution in [0.15, 0.2) is 48.5 Å². The first-order valence-electron chi connectivity index (χ1n) is 5.90. The molecule has 20 heavy (non-hydrogen) atoms. The van der Waals surface area contributed by atoms with E-state index in [1.54, 1.807) is 6.07 Å². The van der Waals surface area contributed by atoms with Crippen molar-refractivity contribution in [2.75, 3.05) is 0 Å². The van der Waals surface area contributed by atoms with Crippen molar-refractivity contribution in [1.82, 2.24) is 4.98 Å². The molecule has 0 spiro atoms. The molecule has 5 heteroatoms. The molecular formula is C15H9F4N. The summed E-state index contributed by atoms with van der Waals surface area (Å²) in [7, 11) is 0. The molecule has 0 saturated carbocycles. The molecule has 0 fully saturated rings. The van der Waals surface area contributed by atoms with Crippen molar-refractivity contribution < 1.29 is 17.6 Å². The van der Waals surface area contributed by atoms with E-state index in [2.05, 4.69) is 4.98 Å². The Kier molecular flexibility index (Phi) is 2.78. The van der Waals surface area contributed by atoms with Crippen molar-refractivity contribution in [3.8, 4) is 11.3 Å². The van der Waals surface area contributed by atoms with Crippen LogP contribution in [0.4, 0.5) is 17.6 Å². The fourth-order valence-corrected chi connectivity index (χ4v) is 2.14. The minimum Gasteiger partial charge on any atom is -0.355 e. The fourth-order valence-electron chi connectivity index (χ4n) is 2.14. The van der Waals surface area contributed by atoms with Crippen molar-refractivity contribution in [2.24, 2.45) is 0 Å². The zero-order valence-corrected chi connectivity index (χ0v) is 10.1. The molecule has 0 saturated heterocycles. The predicted octanol–water partition coefficient (Wildman–Crippen LogP) is 4.99. The van der Waals surface area contributed by atoms with Gasteiger partial charge in [-0.3, -0.25) is 0 Å². The molecule has 1 heterocycles. The van der Waals surface area contributed by atoms with E-state index in [1.165, 1.54) is 0 Å². The van der Waals surface area contributed by atoms with Crippen molar-refractivity contribution in [1.29, 1.82) is 0 Å². The van der Waals surface area contributed by atoms with Gasteiger partial charge in [-0.15, -0.1) is 0 Å². The Labute approximate surface area is 111 Å². The van der Waals surface area contributed by atoms with Crippen LogP contribution in [-0.2, 0) is 6.18 Å². The van der Waals surface area contributed by atoms with Gasteiger partial charge in [-0.05, 0) is 23.8 Å². The second-order valence-corrected chi connectivity index (χ2v) is 4.47. The highest BCUT2D eigenvalue weighted by Gasteiger charge is 2.34. The first-order chi connectivity index (χ1) is 9.45. The number of halogens is 4. The average Bonchev–Trinajstić information content (AvgIpc) is 2.80. The van der Waals surface area contributed by atoms with Crippen molar-refractivity contribution >= 4 is 10.9 Å². The lowest BCUT2D eigenvalue weighted by atomic mass is 10.1. The fraction of sp³-hybridized carbons (Fsp3) is 0.0667. The van der Waals surface area contributed by atoms with Gasteiger partial charge >= 0.3 is 6.18 Å². The Morgan fingerprint density at radius 2 is 1.60 bits per heavy atom. The normalized spacial score (nSPS) is 12.0. The molecule has 0 radical (unpaired) electrons. The third-order valence-electron chi connectivity index (χ3n) is 3.10. The number of fused-ring (bicyclic) bond motifs is 1. The highest BCUT2D eigenvalue weighted by atomic mass is 19.4. The van der Waals surface area contributed by atoms with Gasteiger partial charge in [-0.2, -0.15) is 13.2 Å². The van der Waals surface area contributed by atoms with Crippen molar-refractivity contribution in [2.45, 2.75) is 6.18 Å². The van der Waals surface area contributed by atoms with Crippen LogP contribution in [0.1, 0.15) is 5.56 Å². The van der Waals surface area contributed by atoms with Crippen LogP contribution in [0, 0.1) is 5.82 Å². The van der Waals surface area contributed by atoms with Crippen LogP contribution in [0.5, 0.6) is 0 Å². The molecule has 0 bridgehead atoms. The molecule has 1 nitrogen and oxygen atoms in total. The van der Waals surface area contributed by atoms with E-state index >= 15 is 0 Å². The number of aromatic amines is 1. The molecule has 0 aliphatic rings. The van der Waals surface area contributed by atoms with Gasteiger partial charge in [0.1, 0.15) is 5.82 Å². The van der Waals surface area contributed by atoms with Gasteiger partial charge < -0.3 is 4.98 Å². The van der Waals surface area contributed by atoms with Crippen molar-refractivity contribution in [3.63, 3.8) is 0 Å². The van der Waals surface area contributed by atoms with Gasteiger partial charge in [-0.1, -0.05) is 30.3 Å². The molecule has 0 aliphatic carbocycles. The van der Waals surface area contributed by atoms with E-state index in [4.69, 9.17) is 0 Å². The molecule has 0 amide bonds. The Morgan fingerprint density at radius 1 is 0.900 bits per heavy atom. The summed E-state index contributed by atoms with van der Waals surface area (Å²) in [5, 5.41) is 0.411. The van der Waals surface area contributed by atoms with Crippen LogP contribution in [-0.4, -0.2) is 4.98 Å². The zero-order valence-electron chi connectivity index (χ0n) is 10.1. The van der Waals surface area contributed by atoms with E-state index in [0.29, 0.717) is 11.1 Å². The van der Waals surface area contributed by atoms with Gasteiger partial charge in [0.2, 0.25) is 0 Å². The molecular weight excluding hydrogens is 270 g/mol. The zero-order chi connectivity index (χ0) is 14.3. The molecule has 0 unspecified atom stereocenters. The first-order valence-corrected chi connectivity index (χ1v) is 5.90. The number of benzene rings is 2. The number of hydrogen-bond acceptors (Lipinski definition) is 0. The number of hydrogen-bond donors (Lipinski definition) is 1. The lowest BCUT2D eigenvalue weighted by molar-refractivity contribution is -0.139. The first kappa shape index (κ1) is 12.7. The summed E-state index contributed by atoms with van der Waals surface area (Å²) in [6.45, 7) is 0. The standard InChI is InChI=1S/C15H9F4N/c16-12-6-10-7-13(9-4-2-1-3-5-9)20-14(10)8-11(12)15(17,18)19/h1-8,20H. The lowest BCUT2D eigenvalue weighted by Crippen LogP contribution is -2.07. The molecule has 2 aromatic carbocycles. The maximum atomic E-state index is 13.5. The Morgan fingerprint density at radius 3 is 2.25 bits per heavy atom. The topological polar surface area (TPSA) is 15.8 Å². The largest absolute Gasteiger partial charge is 0.419 e. The second kappa shape index (κ2) is 4.37. The minimum atomic E-state index is -4.70. The maximum Gasteiger partial charge on any atom is 0.419 e. The monoisotopic (exact) mass is 279 g/mol. The number of nitrogens with one attached hydrogen (secondary N) is 1. The molecule has 102 valence electrons. The van der Waals surface area contributed by atoms with E-state index in [9.17, 15) is 17.6 Å². The summed E-state index contributed by atoms with van der Waals surface area (Å²) in [5.74, 6) is -1.26. The van der Waals surface area contributed by atoms with Gasteiger partial charge in [0, 0.05) is 16.6 Å². The van der Waals surface area contributed by atoms with Crippen LogP contribution in [0.2, 0.25) is 0 Å². The molecule has 1 N–H and O–H groups in total. The average molecular weight is 279 g/mol. The lowest BCUT2D eigenvalue weighted by Gasteiger charge is -2.07. The van der Waals surface area contributed by atoms with Gasteiger partial charge in [0.15, 0.2) is 0 Å². The Hall–Kier alpha value is -2.30. The number of alkyl halides is 3. The molecule has 3 rings (SSSR count). The Balaban J connectivity index is 2.17. The third-order valence-corrected chi connectivity index (χ3v) is 3.10. The van der Waals surface area contributed by atoms with Crippen molar-refractivity contribution in [3.05, 3.63) is 59.9 Å². The van der Waals surface area contributed by atoms with Gasteiger partial charge in [0.25, 0.3) is 0 Å². The number of H-pyrrole nitrogens is 1. The van der Waals surface area contributed by atoms with Crippen LogP contribution >= 0.6 is 0 Å². The van der Waals surface area contributed by atoms with Gasteiger partial charge in [0.05, 0.1) is 5.56 Å². The highest BCUT2D eigenvalue weighted by Crippen LogP contribution is 2.34. The molecule has 3 aromatic rings. The predicted molar refractivity (Wildman–Crippen MR) is 68.7 cm³/mol. The van der Waals surface area contributed by atoms with Gasteiger partial charge in [-0.25, -0.2) is 4.39 Å². The van der Waals surface area contributed by atoms with E-state index in [-0.39, 0.29) is 5.52 Å². The third kappa shape index (κ3) is 2.15. The summed E-state index contributed by atoms with van der Waals surface area (Å²) >= 11 is 0. The smallest absolute Gasteiger partial charge is 0.355 e.